The van der Waals surface area contributed by atoms with Gasteiger partial charge in [0.15, 0.2) is 0 Å². The largest absolute Gasteiger partial charge is 0.467 e. The highest BCUT2D eigenvalue weighted by Gasteiger charge is 2.18. The Morgan fingerprint density at radius 1 is 0.848 bits per heavy atom. The Bertz CT molecular complexity index is 1200. The van der Waals surface area contributed by atoms with E-state index in [1.54, 1.807) is 17.2 Å². The number of carbonyl (C=O) groups excluding carboxylic acids is 2. The lowest BCUT2D eigenvalue weighted by molar-refractivity contribution is -0.120. The first kappa shape index (κ1) is 22.1. The van der Waals surface area contributed by atoms with Gasteiger partial charge < -0.3 is 14.6 Å². The normalized spacial score (nSPS) is 10.6. The third-order valence-electron chi connectivity index (χ3n) is 5.34. The van der Waals surface area contributed by atoms with Gasteiger partial charge in [-0.05, 0) is 54.4 Å². The summed E-state index contributed by atoms with van der Waals surface area (Å²) < 4.78 is 5.24. The Hall–Kier alpha value is -4.12. The number of benzene rings is 3. The van der Waals surface area contributed by atoms with Crippen LogP contribution in [0, 0.1) is 6.92 Å². The molecule has 0 bridgehead atoms. The number of rotatable bonds is 8. The molecule has 4 rings (SSSR count). The van der Waals surface area contributed by atoms with Crippen LogP contribution in [0.2, 0.25) is 0 Å². The minimum absolute atomic E-state index is 0.0685. The van der Waals surface area contributed by atoms with E-state index < -0.39 is 0 Å². The van der Waals surface area contributed by atoms with Crippen molar-refractivity contribution in [3.8, 4) is 0 Å². The van der Waals surface area contributed by atoms with E-state index in [2.05, 4.69) is 11.4 Å². The van der Waals surface area contributed by atoms with E-state index >= 15 is 0 Å². The van der Waals surface area contributed by atoms with Gasteiger partial charge in [-0.3, -0.25) is 9.59 Å². The molecule has 0 radical (unpaired) electrons. The van der Waals surface area contributed by atoms with Gasteiger partial charge in [-0.15, -0.1) is 0 Å². The monoisotopic (exact) mass is 438 g/mol. The summed E-state index contributed by atoms with van der Waals surface area (Å²) in [6.07, 6.45) is 1.84. The third kappa shape index (κ3) is 5.98. The van der Waals surface area contributed by atoms with Crippen LogP contribution >= 0.6 is 0 Å². The maximum atomic E-state index is 13.3. The van der Waals surface area contributed by atoms with E-state index in [9.17, 15) is 9.59 Å². The fourth-order valence-electron chi connectivity index (χ4n) is 3.65. The maximum Gasteiger partial charge on any atom is 0.258 e. The lowest BCUT2D eigenvalue weighted by Gasteiger charge is -2.24. The van der Waals surface area contributed by atoms with Crippen molar-refractivity contribution in [2.45, 2.75) is 26.4 Å². The van der Waals surface area contributed by atoms with Gasteiger partial charge in [-0.2, -0.15) is 0 Å². The summed E-state index contributed by atoms with van der Waals surface area (Å²) >= 11 is 0. The topological polar surface area (TPSA) is 62.6 Å². The Labute approximate surface area is 193 Å². The van der Waals surface area contributed by atoms with Gasteiger partial charge in [-0.1, -0.05) is 60.2 Å². The van der Waals surface area contributed by atoms with Crippen LogP contribution in [-0.2, 0) is 24.3 Å². The Balaban J connectivity index is 1.50. The molecule has 5 nitrogen and oxygen atoms in total. The number of furan rings is 1. The molecular formula is C28H26N2O3. The lowest BCUT2D eigenvalue weighted by Crippen LogP contribution is -2.30. The number of amides is 2. The molecule has 1 N–H and O–H groups in total. The van der Waals surface area contributed by atoms with Crippen molar-refractivity contribution in [1.29, 1.82) is 0 Å². The molecule has 1 aromatic heterocycles. The molecule has 0 atom stereocenters. The molecule has 0 saturated carbocycles. The van der Waals surface area contributed by atoms with Gasteiger partial charge in [0.25, 0.3) is 5.91 Å². The average molecular weight is 439 g/mol. The SMILES string of the molecule is Cc1cccc(CN(C(=O)c2ccccc2)c2ccc(CC(=O)NCc3ccco3)cc2)c1. The number of carbonyl (C=O) groups is 2. The highest BCUT2D eigenvalue weighted by molar-refractivity contribution is 6.06. The van der Waals surface area contributed by atoms with Crippen molar-refractivity contribution in [1.82, 2.24) is 5.32 Å². The van der Waals surface area contributed by atoms with Crippen LogP contribution in [0.1, 0.15) is 32.8 Å². The first-order valence-electron chi connectivity index (χ1n) is 10.9. The van der Waals surface area contributed by atoms with E-state index in [1.807, 2.05) is 85.8 Å². The molecule has 33 heavy (non-hydrogen) atoms. The molecule has 5 heteroatoms. The van der Waals surface area contributed by atoms with Crippen LogP contribution in [-0.4, -0.2) is 11.8 Å². The van der Waals surface area contributed by atoms with Crippen LogP contribution in [0.4, 0.5) is 5.69 Å². The summed E-state index contributed by atoms with van der Waals surface area (Å²) in [6.45, 7) is 2.86. The van der Waals surface area contributed by atoms with Crippen LogP contribution in [0.25, 0.3) is 0 Å². The van der Waals surface area contributed by atoms with E-state index in [0.717, 1.165) is 22.4 Å². The van der Waals surface area contributed by atoms with Gasteiger partial charge in [-0.25, -0.2) is 0 Å². The Morgan fingerprint density at radius 2 is 1.64 bits per heavy atom. The predicted octanol–water partition coefficient (Wildman–Crippen LogP) is 5.29. The van der Waals surface area contributed by atoms with Crippen LogP contribution < -0.4 is 10.2 Å². The summed E-state index contributed by atoms with van der Waals surface area (Å²) in [7, 11) is 0. The number of nitrogens with one attached hydrogen (secondary N) is 1. The average Bonchev–Trinajstić information content (AvgIpc) is 3.36. The first-order valence-corrected chi connectivity index (χ1v) is 10.9. The van der Waals surface area contributed by atoms with Gasteiger partial charge in [0, 0.05) is 11.3 Å². The van der Waals surface area contributed by atoms with Crippen molar-refractivity contribution in [3.05, 3.63) is 125 Å². The highest BCUT2D eigenvalue weighted by atomic mass is 16.3. The second-order valence-electron chi connectivity index (χ2n) is 7.95. The minimum Gasteiger partial charge on any atom is -0.467 e. The molecule has 166 valence electrons. The quantitative estimate of drug-likeness (QED) is 0.406. The van der Waals surface area contributed by atoms with Crippen LogP contribution in [0.5, 0.6) is 0 Å². The van der Waals surface area contributed by atoms with Gasteiger partial charge >= 0.3 is 0 Å². The summed E-state index contributed by atoms with van der Waals surface area (Å²) in [5.41, 5.74) is 4.49. The number of hydrogen-bond acceptors (Lipinski definition) is 3. The molecule has 3 aromatic carbocycles. The second kappa shape index (κ2) is 10.5. The zero-order valence-electron chi connectivity index (χ0n) is 18.5. The summed E-state index contributed by atoms with van der Waals surface area (Å²) in [4.78, 5) is 27.4. The molecule has 0 unspecified atom stereocenters. The number of aryl methyl sites for hydroxylation is 1. The molecule has 0 fully saturated rings. The number of nitrogens with zero attached hydrogens (tertiary/aromatic N) is 1. The predicted molar refractivity (Wildman–Crippen MR) is 129 cm³/mol. The molecule has 0 spiro atoms. The number of hydrogen-bond donors (Lipinski definition) is 1. The van der Waals surface area contributed by atoms with Gasteiger partial charge in [0.05, 0.1) is 25.8 Å². The van der Waals surface area contributed by atoms with Crippen molar-refractivity contribution >= 4 is 17.5 Å². The summed E-state index contributed by atoms with van der Waals surface area (Å²) in [6, 6.07) is 28.6. The van der Waals surface area contributed by atoms with Crippen molar-refractivity contribution in [2.24, 2.45) is 0 Å². The summed E-state index contributed by atoms with van der Waals surface area (Å²) in [5.74, 6) is 0.557. The minimum atomic E-state index is -0.0869. The van der Waals surface area contributed by atoms with Crippen molar-refractivity contribution in [3.63, 3.8) is 0 Å². The van der Waals surface area contributed by atoms with Crippen LogP contribution in [0.15, 0.2) is 102 Å². The molecule has 2 amide bonds. The third-order valence-corrected chi connectivity index (χ3v) is 5.34. The Morgan fingerprint density at radius 3 is 2.33 bits per heavy atom. The molecule has 4 aromatic rings. The van der Waals surface area contributed by atoms with Crippen molar-refractivity contribution in [2.75, 3.05) is 4.90 Å². The van der Waals surface area contributed by atoms with E-state index in [1.165, 1.54) is 0 Å². The fourth-order valence-corrected chi connectivity index (χ4v) is 3.65. The smallest absolute Gasteiger partial charge is 0.258 e. The van der Waals surface area contributed by atoms with Crippen molar-refractivity contribution < 1.29 is 14.0 Å². The Kier molecular flexibility index (Phi) is 7.00. The molecule has 0 saturated heterocycles. The molecular weight excluding hydrogens is 412 g/mol. The van der Waals surface area contributed by atoms with E-state index in [-0.39, 0.29) is 18.2 Å². The number of anilines is 1. The van der Waals surface area contributed by atoms with E-state index in [0.29, 0.717) is 24.4 Å². The fraction of sp³-hybridized carbons (Fsp3) is 0.143. The lowest BCUT2D eigenvalue weighted by atomic mass is 10.1. The van der Waals surface area contributed by atoms with Crippen LogP contribution in [0.3, 0.4) is 0 Å². The van der Waals surface area contributed by atoms with E-state index in [4.69, 9.17) is 4.42 Å². The van der Waals surface area contributed by atoms with Gasteiger partial charge in [0.1, 0.15) is 5.76 Å². The second-order valence-corrected chi connectivity index (χ2v) is 7.95. The maximum absolute atomic E-state index is 13.3. The highest BCUT2D eigenvalue weighted by Crippen LogP contribution is 2.22. The first-order chi connectivity index (χ1) is 16.1. The zero-order chi connectivity index (χ0) is 23.0. The zero-order valence-corrected chi connectivity index (χ0v) is 18.5. The standard InChI is InChI=1S/C28H26N2O3/c1-21-7-5-8-23(17-21)20-30(28(32)24-9-3-2-4-10-24)25-14-12-22(13-15-25)18-27(31)29-19-26-11-6-16-33-26/h2-17H,18-20H2,1H3,(H,29,31). The molecule has 0 aliphatic carbocycles. The molecule has 0 aliphatic heterocycles. The van der Waals surface area contributed by atoms with Gasteiger partial charge in [0.2, 0.25) is 5.91 Å². The summed E-state index contributed by atoms with van der Waals surface area (Å²) in [5, 5.41) is 2.85. The molecule has 1 heterocycles. The molecule has 0 aliphatic rings.